The molecule has 180 valence electrons. The van der Waals surface area contributed by atoms with E-state index in [4.69, 9.17) is 4.74 Å². The van der Waals surface area contributed by atoms with Crippen LogP contribution in [0, 0.1) is 0 Å². The molecule has 35 heavy (non-hydrogen) atoms. The van der Waals surface area contributed by atoms with Gasteiger partial charge in [-0.05, 0) is 63.3 Å². The van der Waals surface area contributed by atoms with Crippen molar-refractivity contribution in [2.75, 3.05) is 18.2 Å². The topological polar surface area (TPSA) is 69.0 Å². The highest BCUT2D eigenvalue weighted by Crippen LogP contribution is 2.31. The van der Waals surface area contributed by atoms with Gasteiger partial charge in [-0.3, -0.25) is 9.36 Å². The lowest BCUT2D eigenvalue weighted by molar-refractivity contribution is -0.113. The van der Waals surface area contributed by atoms with Crippen LogP contribution < -0.4 is 10.1 Å². The second-order valence-electron chi connectivity index (χ2n) is 8.98. The largest absolute Gasteiger partial charge is 0.497 e. The van der Waals surface area contributed by atoms with E-state index in [2.05, 4.69) is 76.5 Å². The van der Waals surface area contributed by atoms with E-state index in [1.165, 1.54) is 17.3 Å². The SMILES string of the molecule is COc1ccc(-n2c(SCC(=O)Nc3ccccc3Br)nnc2-c2ccc(C(C)(C)C)cc2)cc1. The molecule has 8 heteroatoms. The number of benzene rings is 3. The third-order valence-corrected chi connectivity index (χ3v) is 7.07. The fourth-order valence-electron chi connectivity index (χ4n) is 3.51. The molecule has 4 aromatic rings. The standard InChI is InChI=1S/C27H27BrN4O2S/c1-27(2,3)19-11-9-18(10-12-19)25-30-31-26(32(25)20-13-15-21(34-4)16-14-20)35-17-24(33)29-23-8-6-5-7-22(23)28/h5-16H,17H2,1-4H3,(H,29,33). The van der Waals surface area contributed by atoms with Crippen molar-refractivity contribution in [1.82, 2.24) is 14.8 Å². The number of ether oxygens (including phenoxy) is 1. The van der Waals surface area contributed by atoms with Crippen LogP contribution >= 0.6 is 27.7 Å². The van der Waals surface area contributed by atoms with E-state index < -0.39 is 0 Å². The van der Waals surface area contributed by atoms with Gasteiger partial charge < -0.3 is 10.1 Å². The number of methoxy groups -OCH3 is 1. The molecule has 0 aliphatic carbocycles. The molecule has 0 saturated carbocycles. The predicted octanol–water partition coefficient (Wildman–Crippen LogP) is 6.73. The Morgan fingerprint density at radius 2 is 1.69 bits per heavy atom. The maximum Gasteiger partial charge on any atom is 0.234 e. The number of carbonyl (C=O) groups is 1. The minimum Gasteiger partial charge on any atom is -0.497 e. The first kappa shape index (κ1) is 25.0. The van der Waals surface area contributed by atoms with Crippen molar-refractivity contribution in [1.29, 1.82) is 0 Å². The third kappa shape index (κ3) is 5.94. The molecule has 0 spiro atoms. The Hall–Kier alpha value is -3.10. The lowest BCUT2D eigenvalue weighted by Gasteiger charge is -2.19. The number of nitrogens with one attached hydrogen (secondary N) is 1. The lowest BCUT2D eigenvalue weighted by Crippen LogP contribution is -2.15. The Morgan fingerprint density at radius 1 is 1.00 bits per heavy atom. The lowest BCUT2D eigenvalue weighted by atomic mass is 9.87. The van der Waals surface area contributed by atoms with Crippen LogP contribution in [0.15, 0.2) is 82.4 Å². The van der Waals surface area contributed by atoms with Crippen LogP contribution in [-0.4, -0.2) is 33.5 Å². The highest BCUT2D eigenvalue weighted by atomic mass is 79.9. The molecule has 4 rings (SSSR count). The Labute approximate surface area is 218 Å². The molecule has 0 bridgehead atoms. The maximum absolute atomic E-state index is 12.7. The van der Waals surface area contributed by atoms with Gasteiger partial charge in [0.05, 0.1) is 18.6 Å². The van der Waals surface area contributed by atoms with Gasteiger partial charge >= 0.3 is 0 Å². The Morgan fingerprint density at radius 3 is 2.31 bits per heavy atom. The number of thioether (sulfide) groups is 1. The fraction of sp³-hybridized carbons (Fsp3) is 0.222. The molecule has 0 aliphatic rings. The minimum atomic E-state index is -0.123. The van der Waals surface area contributed by atoms with E-state index in [0.29, 0.717) is 11.0 Å². The molecule has 1 aromatic heterocycles. The number of anilines is 1. The summed E-state index contributed by atoms with van der Waals surface area (Å²) in [5, 5.41) is 12.5. The number of para-hydroxylation sites is 1. The van der Waals surface area contributed by atoms with Gasteiger partial charge in [0.15, 0.2) is 11.0 Å². The molecule has 3 aromatic carbocycles. The van der Waals surface area contributed by atoms with E-state index in [9.17, 15) is 4.79 Å². The minimum absolute atomic E-state index is 0.0598. The second kappa shape index (κ2) is 10.7. The molecular formula is C27H27BrN4O2S. The molecule has 6 nitrogen and oxygen atoms in total. The quantitative estimate of drug-likeness (QED) is 0.258. The highest BCUT2D eigenvalue weighted by Gasteiger charge is 2.19. The smallest absolute Gasteiger partial charge is 0.234 e. The second-order valence-corrected chi connectivity index (χ2v) is 10.8. The number of aromatic nitrogens is 3. The molecule has 1 heterocycles. The van der Waals surface area contributed by atoms with Crippen molar-refractivity contribution >= 4 is 39.3 Å². The van der Waals surface area contributed by atoms with Crippen LogP contribution in [0.4, 0.5) is 5.69 Å². The molecule has 0 atom stereocenters. The normalized spacial score (nSPS) is 11.3. The number of hydrogen-bond acceptors (Lipinski definition) is 5. The van der Waals surface area contributed by atoms with Crippen molar-refractivity contribution in [2.45, 2.75) is 31.3 Å². The Bertz CT molecular complexity index is 1310. The van der Waals surface area contributed by atoms with Crippen LogP contribution in [0.3, 0.4) is 0 Å². The van der Waals surface area contributed by atoms with Gasteiger partial charge in [-0.25, -0.2) is 0 Å². The van der Waals surface area contributed by atoms with Crippen LogP contribution in [0.25, 0.3) is 17.1 Å². The molecule has 0 unspecified atom stereocenters. The van der Waals surface area contributed by atoms with Crippen LogP contribution in [0.1, 0.15) is 26.3 Å². The van der Waals surface area contributed by atoms with Crippen LogP contribution in [0.5, 0.6) is 5.75 Å². The monoisotopic (exact) mass is 550 g/mol. The first-order valence-corrected chi connectivity index (χ1v) is 12.9. The van der Waals surface area contributed by atoms with Crippen LogP contribution in [0.2, 0.25) is 0 Å². The molecular weight excluding hydrogens is 524 g/mol. The zero-order valence-corrected chi connectivity index (χ0v) is 22.5. The summed E-state index contributed by atoms with van der Waals surface area (Å²) in [5.41, 5.74) is 3.87. The summed E-state index contributed by atoms with van der Waals surface area (Å²) in [6.45, 7) is 6.57. The molecule has 1 N–H and O–H groups in total. The number of amides is 1. The third-order valence-electron chi connectivity index (χ3n) is 5.45. The summed E-state index contributed by atoms with van der Waals surface area (Å²) in [5.74, 6) is 1.55. The van der Waals surface area contributed by atoms with Crippen molar-refractivity contribution in [3.8, 4) is 22.8 Å². The zero-order valence-electron chi connectivity index (χ0n) is 20.1. The molecule has 0 aliphatic heterocycles. The molecule has 0 fully saturated rings. The summed E-state index contributed by atoms with van der Waals surface area (Å²) in [6.07, 6.45) is 0. The van der Waals surface area contributed by atoms with E-state index in [1.807, 2.05) is 53.1 Å². The Kier molecular flexibility index (Phi) is 7.62. The van der Waals surface area contributed by atoms with Gasteiger partial charge in [-0.2, -0.15) is 0 Å². The number of halogens is 1. The van der Waals surface area contributed by atoms with Crippen molar-refractivity contribution in [3.05, 3.63) is 82.8 Å². The van der Waals surface area contributed by atoms with Gasteiger partial charge in [-0.1, -0.05) is 68.9 Å². The maximum atomic E-state index is 12.7. The summed E-state index contributed by atoms with van der Waals surface area (Å²) in [7, 11) is 1.64. The van der Waals surface area contributed by atoms with Gasteiger partial charge in [0.1, 0.15) is 5.75 Å². The van der Waals surface area contributed by atoms with Gasteiger partial charge in [0.25, 0.3) is 0 Å². The first-order chi connectivity index (χ1) is 16.8. The van der Waals surface area contributed by atoms with Gasteiger partial charge in [0, 0.05) is 15.7 Å². The zero-order chi connectivity index (χ0) is 25.0. The number of nitrogens with zero attached hydrogens (tertiary/aromatic N) is 3. The van der Waals surface area contributed by atoms with Crippen LogP contribution in [-0.2, 0) is 10.2 Å². The average molecular weight is 552 g/mol. The molecule has 0 radical (unpaired) electrons. The van der Waals surface area contributed by atoms with Gasteiger partial charge in [-0.15, -0.1) is 10.2 Å². The van der Waals surface area contributed by atoms with E-state index in [-0.39, 0.29) is 17.1 Å². The fourth-order valence-corrected chi connectivity index (χ4v) is 4.65. The van der Waals surface area contributed by atoms with E-state index >= 15 is 0 Å². The summed E-state index contributed by atoms with van der Waals surface area (Å²) in [4.78, 5) is 12.7. The number of hydrogen-bond donors (Lipinski definition) is 1. The summed E-state index contributed by atoms with van der Waals surface area (Å²) in [6, 6.07) is 23.6. The van der Waals surface area contributed by atoms with E-state index in [0.717, 1.165) is 27.2 Å². The number of carbonyl (C=O) groups excluding carboxylic acids is 1. The van der Waals surface area contributed by atoms with Crippen molar-refractivity contribution in [2.24, 2.45) is 0 Å². The van der Waals surface area contributed by atoms with Crippen molar-refractivity contribution in [3.63, 3.8) is 0 Å². The predicted molar refractivity (Wildman–Crippen MR) is 146 cm³/mol. The molecule has 0 saturated heterocycles. The first-order valence-electron chi connectivity index (χ1n) is 11.1. The number of rotatable bonds is 7. The summed E-state index contributed by atoms with van der Waals surface area (Å²) < 4.78 is 8.13. The van der Waals surface area contributed by atoms with Crippen molar-refractivity contribution < 1.29 is 9.53 Å². The Balaban J connectivity index is 1.63. The average Bonchev–Trinajstić information content (AvgIpc) is 3.28. The molecule has 1 amide bonds. The van der Waals surface area contributed by atoms with Gasteiger partial charge in [0.2, 0.25) is 5.91 Å². The van der Waals surface area contributed by atoms with E-state index in [1.54, 1.807) is 7.11 Å². The highest BCUT2D eigenvalue weighted by molar-refractivity contribution is 9.10. The summed E-state index contributed by atoms with van der Waals surface area (Å²) >= 11 is 4.80.